The molecule has 6 rings (SSSR count). The van der Waals surface area contributed by atoms with E-state index in [-0.39, 0.29) is 74.2 Å². The van der Waals surface area contributed by atoms with Crippen LogP contribution in [0.4, 0.5) is 13.2 Å². The van der Waals surface area contributed by atoms with Gasteiger partial charge in [0.15, 0.2) is 5.78 Å². The molecule has 0 aromatic heterocycles. The van der Waals surface area contributed by atoms with Gasteiger partial charge in [0, 0.05) is 23.7 Å². The van der Waals surface area contributed by atoms with E-state index in [4.69, 9.17) is 9.57 Å². The summed E-state index contributed by atoms with van der Waals surface area (Å²) in [7, 11) is 0. The zero-order valence-electron chi connectivity index (χ0n) is 28.4. The first-order valence-electron chi connectivity index (χ1n) is 17.1. The predicted molar refractivity (Wildman–Crippen MR) is 162 cm³/mol. The third-order valence-corrected chi connectivity index (χ3v) is 14.5. The maximum atomic E-state index is 14.6. The van der Waals surface area contributed by atoms with Gasteiger partial charge < -0.3 is 4.74 Å². The summed E-state index contributed by atoms with van der Waals surface area (Å²) < 4.78 is 48.2. The van der Waals surface area contributed by atoms with Crippen LogP contribution < -0.4 is 0 Å². The summed E-state index contributed by atoms with van der Waals surface area (Å²) in [5, 5.41) is -0.289. The van der Waals surface area contributed by atoms with E-state index in [9.17, 15) is 27.6 Å². The van der Waals surface area contributed by atoms with Crippen LogP contribution in [0.1, 0.15) is 126 Å². The monoisotopic (exact) mass is 635 g/mol. The highest BCUT2D eigenvalue weighted by molar-refractivity contribution is 5.95. The van der Waals surface area contributed by atoms with Crippen LogP contribution in [0, 0.1) is 50.2 Å². The summed E-state index contributed by atoms with van der Waals surface area (Å²) in [6, 6.07) is 0. The third kappa shape index (κ3) is 4.77. The summed E-state index contributed by atoms with van der Waals surface area (Å²) in [4.78, 5) is 45.5. The summed E-state index contributed by atoms with van der Waals surface area (Å²) >= 11 is 0. The summed E-state index contributed by atoms with van der Waals surface area (Å²) in [5.41, 5.74) is -1.62. The number of fused-ring (bicyclic) bond motifs is 7. The van der Waals surface area contributed by atoms with Crippen molar-refractivity contribution < 1.29 is 37.1 Å². The predicted octanol–water partition coefficient (Wildman–Crippen LogP) is 8.34. The molecule has 6 aliphatic rings. The normalized spacial score (nSPS) is 45.7. The lowest BCUT2D eigenvalue weighted by molar-refractivity contribution is -0.359. The fraction of sp³-hybridized carbons (Fsp3) is 0.861. The fourth-order valence-corrected chi connectivity index (χ4v) is 11.6. The number of nitrogens with zero attached hydrogens (tertiary/aromatic N) is 1. The summed E-state index contributed by atoms with van der Waals surface area (Å²) in [6.07, 6.45) is 3.62. The van der Waals surface area contributed by atoms with E-state index in [0.717, 1.165) is 37.7 Å². The van der Waals surface area contributed by atoms with Gasteiger partial charge in [-0.05, 0) is 110 Å². The molecule has 252 valence electrons. The van der Waals surface area contributed by atoms with Gasteiger partial charge in [-0.15, -0.1) is 18.2 Å². The Morgan fingerprint density at radius 1 is 0.889 bits per heavy atom. The van der Waals surface area contributed by atoms with Crippen LogP contribution in [-0.2, 0) is 24.0 Å². The van der Waals surface area contributed by atoms with Crippen molar-refractivity contribution in [3.63, 3.8) is 0 Å². The minimum atomic E-state index is -4.92. The molecule has 9 heteroatoms. The number of amides is 1. The lowest BCUT2D eigenvalue weighted by Crippen LogP contribution is -2.67. The number of halogens is 3. The number of alkyl halides is 3. The van der Waals surface area contributed by atoms with Gasteiger partial charge in [-0.2, -0.15) is 0 Å². The Kier molecular flexibility index (Phi) is 7.38. The SMILES string of the molecule is CC(=O)O[C@H]1CC[C@@]2(C)C(CC[C@]3(C)[C@@H]2C(=O)C=C2[C@@H]4C[C@@](C)(C(=O)N(OC5CC5)C(F)(F)F)CC[C@]4(C)CC[C@]23C)C1(C)C. The molecule has 1 unspecified atom stereocenters. The maximum absolute atomic E-state index is 14.6. The van der Waals surface area contributed by atoms with Crippen molar-refractivity contribution in [2.75, 3.05) is 0 Å². The number of hydroxylamine groups is 2. The largest absolute Gasteiger partial charge is 0.511 e. The van der Waals surface area contributed by atoms with Crippen molar-refractivity contribution in [3.05, 3.63) is 11.6 Å². The molecule has 9 atom stereocenters. The smallest absolute Gasteiger partial charge is 0.462 e. The Hall–Kier alpha value is -1.90. The van der Waals surface area contributed by atoms with E-state index in [1.54, 1.807) is 6.92 Å². The zero-order valence-corrected chi connectivity index (χ0v) is 28.4. The maximum Gasteiger partial charge on any atom is 0.511 e. The third-order valence-electron chi connectivity index (χ3n) is 14.5. The minimum absolute atomic E-state index is 0.121. The van der Waals surface area contributed by atoms with E-state index in [1.165, 1.54) is 6.92 Å². The first kappa shape index (κ1) is 33.0. The van der Waals surface area contributed by atoms with Crippen molar-refractivity contribution in [2.24, 2.45) is 50.2 Å². The molecule has 0 saturated heterocycles. The Morgan fingerprint density at radius 2 is 1.53 bits per heavy atom. The van der Waals surface area contributed by atoms with Gasteiger partial charge in [0.1, 0.15) is 6.10 Å². The Morgan fingerprint density at radius 3 is 2.13 bits per heavy atom. The topological polar surface area (TPSA) is 72.9 Å². The van der Waals surface area contributed by atoms with Gasteiger partial charge in [0.05, 0.1) is 6.10 Å². The second-order valence-electron chi connectivity index (χ2n) is 17.6. The van der Waals surface area contributed by atoms with Crippen molar-refractivity contribution in [1.82, 2.24) is 5.06 Å². The first-order chi connectivity index (χ1) is 20.6. The van der Waals surface area contributed by atoms with E-state index in [1.807, 2.05) is 6.08 Å². The molecule has 0 bridgehead atoms. The minimum Gasteiger partial charge on any atom is -0.462 e. The molecular formula is C36H52F3NO5. The van der Waals surface area contributed by atoms with Crippen LogP contribution in [-0.4, -0.2) is 41.2 Å². The van der Waals surface area contributed by atoms with Gasteiger partial charge >= 0.3 is 12.3 Å². The molecule has 0 aromatic rings. The Labute approximate surface area is 266 Å². The number of rotatable bonds is 4. The van der Waals surface area contributed by atoms with Gasteiger partial charge in [-0.3, -0.25) is 19.2 Å². The Bertz CT molecular complexity index is 1320. The lowest BCUT2D eigenvalue weighted by Gasteiger charge is -2.70. The van der Waals surface area contributed by atoms with Gasteiger partial charge in [-0.25, -0.2) is 0 Å². The lowest BCUT2D eigenvalue weighted by atomic mass is 9.33. The van der Waals surface area contributed by atoms with Gasteiger partial charge in [0.25, 0.3) is 5.91 Å². The molecule has 0 radical (unpaired) electrons. The average molecular weight is 636 g/mol. The van der Waals surface area contributed by atoms with Crippen molar-refractivity contribution in [3.8, 4) is 0 Å². The second-order valence-corrected chi connectivity index (χ2v) is 17.6. The van der Waals surface area contributed by atoms with Crippen LogP contribution in [0.3, 0.4) is 0 Å². The molecule has 0 N–H and O–H groups in total. The van der Waals surface area contributed by atoms with Crippen LogP contribution in [0.2, 0.25) is 0 Å². The van der Waals surface area contributed by atoms with Crippen molar-refractivity contribution >= 4 is 17.7 Å². The molecule has 6 aliphatic carbocycles. The number of hydrogen-bond donors (Lipinski definition) is 0. The van der Waals surface area contributed by atoms with Gasteiger partial charge in [0.2, 0.25) is 0 Å². The molecule has 6 nitrogen and oxygen atoms in total. The van der Waals surface area contributed by atoms with E-state index < -0.39 is 23.7 Å². The molecule has 5 fully saturated rings. The number of allylic oxidation sites excluding steroid dienone is 2. The zero-order chi connectivity index (χ0) is 33.2. The number of hydrogen-bond acceptors (Lipinski definition) is 5. The number of carbonyl (C=O) groups is 3. The molecular weight excluding hydrogens is 583 g/mol. The highest BCUT2D eigenvalue weighted by Crippen LogP contribution is 2.75. The molecule has 0 aliphatic heterocycles. The van der Waals surface area contributed by atoms with Crippen LogP contribution in [0.25, 0.3) is 0 Å². The van der Waals surface area contributed by atoms with E-state index in [0.29, 0.717) is 32.1 Å². The molecule has 0 spiro atoms. The average Bonchev–Trinajstić information content (AvgIpc) is 3.74. The van der Waals surface area contributed by atoms with E-state index in [2.05, 4.69) is 41.5 Å². The molecule has 0 aromatic carbocycles. The number of esters is 1. The molecule has 1 amide bonds. The number of ketones is 1. The van der Waals surface area contributed by atoms with Crippen LogP contribution >= 0.6 is 0 Å². The van der Waals surface area contributed by atoms with Gasteiger partial charge in [-0.1, -0.05) is 54.0 Å². The highest BCUT2D eigenvalue weighted by atomic mass is 19.4. The molecule has 0 heterocycles. The van der Waals surface area contributed by atoms with Crippen LogP contribution in [0.15, 0.2) is 11.6 Å². The van der Waals surface area contributed by atoms with Crippen molar-refractivity contribution in [1.29, 1.82) is 0 Å². The highest BCUT2D eigenvalue weighted by Gasteiger charge is 2.71. The molecule has 45 heavy (non-hydrogen) atoms. The fourth-order valence-electron chi connectivity index (χ4n) is 11.6. The first-order valence-corrected chi connectivity index (χ1v) is 17.1. The number of carbonyl (C=O) groups excluding carboxylic acids is 3. The summed E-state index contributed by atoms with van der Waals surface area (Å²) in [5.74, 6) is -1.33. The Balaban J connectivity index is 1.36. The van der Waals surface area contributed by atoms with E-state index >= 15 is 0 Å². The standard InChI is InChI=1S/C36H52F3NO5/c1-21(41)44-27-12-13-33(6)26(30(27,2)3)11-14-35(8)28(33)25(42)19-23-24-20-32(5,16-15-31(24,4)17-18-34(23,35)7)29(43)40(36(37,38)39)45-22-9-10-22/h19,22,24,26-28H,9-18,20H2,1-8H3/t24-,26?,27-,28+,31+,32-,33-,34+,35+/m0/s1. The second kappa shape index (κ2) is 10.1. The molecule has 5 saturated carbocycles. The summed E-state index contributed by atoms with van der Waals surface area (Å²) in [6.45, 7) is 16.6. The van der Waals surface area contributed by atoms with Crippen molar-refractivity contribution in [2.45, 2.75) is 145 Å². The number of ether oxygens (including phenoxy) is 1. The quantitative estimate of drug-likeness (QED) is 0.176. The van der Waals surface area contributed by atoms with Crippen LogP contribution in [0.5, 0.6) is 0 Å².